The zero-order chi connectivity index (χ0) is 15.9. The van der Waals surface area contributed by atoms with Crippen LogP contribution in [0, 0.1) is 23.6 Å². The van der Waals surface area contributed by atoms with Crippen molar-refractivity contribution in [2.75, 3.05) is 27.7 Å². The summed E-state index contributed by atoms with van der Waals surface area (Å²) in [5.41, 5.74) is -0.0794. The van der Waals surface area contributed by atoms with Crippen LogP contribution < -0.4 is 4.74 Å². The van der Waals surface area contributed by atoms with E-state index in [9.17, 15) is 9.50 Å². The van der Waals surface area contributed by atoms with Gasteiger partial charge in [-0.2, -0.15) is 0 Å². The Balaban J connectivity index is 2.00. The lowest BCUT2D eigenvalue weighted by Gasteiger charge is -2.45. The number of rotatable bonds is 4. The van der Waals surface area contributed by atoms with Crippen LogP contribution in [0.1, 0.15) is 31.2 Å². The summed E-state index contributed by atoms with van der Waals surface area (Å²) in [4.78, 5) is 2.15. The molecule has 0 radical (unpaired) electrons. The van der Waals surface area contributed by atoms with Gasteiger partial charge in [-0.3, -0.25) is 0 Å². The molecule has 2 aliphatic carbocycles. The summed E-state index contributed by atoms with van der Waals surface area (Å²) in [6, 6.07) is 4.82. The smallest absolute Gasteiger partial charge is 0.165 e. The Hall–Kier alpha value is -1.13. The average Bonchev–Trinajstić information content (AvgIpc) is 2.87. The molecule has 3 nitrogen and oxygen atoms in total. The van der Waals surface area contributed by atoms with Crippen LogP contribution in [0.15, 0.2) is 18.2 Å². The molecule has 2 saturated carbocycles. The molecule has 0 aliphatic heterocycles. The molecular weight excluding hydrogens is 281 g/mol. The van der Waals surface area contributed by atoms with E-state index in [1.54, 1.807) is 12.1 Å². The van der Waals surface area contributed by atoms with Gasteiger partial charge in [0.05, 0.1) is 12.7 Å². The fourth-order valence-electron chi connectivity index (χ4n) is 4.60. The van der Waals surface area contributed by atoms with Gasteiger partial charge in [-0.1, -0.05) is 12.5 Å². The molecule has 0 spiro atoms. The zero-order valence-electron chi connectivity index (χ0n) is 13.7. The van der Waals surface area contributed by atoms with E-state index in [-0.39, 0.29) is 17.5 Å². The van der Waals surface area contributed by atoms with Gasteiger partial charge in [-0.05, 0) is 62.9 Å². The number of hydrogen-bond donors (Lipinski definition) is 1. The van der Waals surface area contributed by atoms with Crippen molar-refractivity contribution in [2.24, 2.45) is 17.8 Å². The Kier molecular flexibility index (Phi) is 4.17. The van der Waals surface area contributed by atoms with E-state index in [2.05, 4.69) is 4.90 Å². The van der Waals surface area contributed by atoms with Crippen molar-refractivity contribution in [1.82, 2.24) is 4.90 Å². The van der Waals surface area contributed by atoms with E-state index < -0.39 is 5.60 Å². The van der Waals surface area contributed by atoms with Gasteiger partial charge < -0.3 is 14.7 Å². The lowest BCUT2D eigenvalue weighted by Crippen LogP contribution is -2.47. The number of hydrogen-bond acceptors (Lipinski definition) is 3. The summed E-state index contributed by atoms with van der Waals surface area (Å²) < 4.78 is 18.8. The third kappa shape index (κ3) is 2.63. The van der Waals surface area contributed by atoms with Gasteiger partial charge in [0.2, 0.25) is 0 Å². The largest absolute Gasteiger partial charge is 0.494 e. The molecule has 4 atom stereocenters. The number of nitrogens with zero attached hydrogens (tertiary/aromatic N) is 1. The molecule has 122 valence electrons. The molecule has 3 rings (SSSR count). The molecular formula is C18H26FNO2. The number of methoxy groups -OCH3 is 1. The number of halogens is 1. The van der Waals surface area contributed by atoms with Crippen LogP contribution in [0.2, 0.25) is 0 Å². The number of benzene rings is 1. The number of ether oxygens (including phenoxy) is 1. The van der Waals surface area contributed by atoms with Gasteiger partial charge >= 0.3 is 0 Å². The van der Waals surface area contributed by atoms with Crippen LogP contribution in [0.4, 0.5) is 4.39 Å². The minimum Gasteiger partial charge on any atom is -0.494 e. The molecule has 4 heteroatoms. The first-order valence-electron chi connectivity index (χ1n) is 8.15. The van der Waals surface area contributed by atoms with Gasteiger partial charge in [0.1, 0.15) is 0 Å². The second kappa shape index (κ2) is 5.82. The molecule has 0 amide bonds. The quantitative estimate of drug-likeness (QED) is 0.928. The van der Waals surface area contributed by atoms with Crippen molar-refractivity contribution < 1.29 is 14.2 Å². The lowest BCUT2D eigenvalue weighted by molar-refractivity contribution is -0.0892. The van der Waals surface area contributed by atoms with Crippen LogP contribution in [-0.2, 0) is 5.60 Å². The van der Waals surface area contributed by atoms with E-state index in [1.165, 1.54) is 32.4 Å². The first-order valence-corrected chi connectivity index (χ1v) is 8.15. The van der Waals surface area contributed by atoms with E-state index in [4.69, 9.17) is 4.74 Å². The fraction of sp³-hybridized carbons (Fsp3) is 0.667. The van der Waals surface area contributed by atoms with Crippen LogP contribution in [0.5, 0.6) is 5.75 Å². The SMILES string of the molecule is COc1cc([C@@]2(O)C[C@@H]3CC[C@@H](C3)[C@@H]2CN(C)C)ccc1F. The molecule has 1 aromatic rings. The van der Waals surface area contributed by atoms with E-state index in [0.717, 1.165) is 18.5 Å². The molecule has 0 heterocycles. The third-order valence-corrected chi connectivity index (χ3v) is 5.58. The maximum absolute atomic E-state index is 13.7. The molecule has 2 bridgehead atoms. The number of aliphatic hydroxyl groups is 1. The van der Waals surface area contributed by atoms with Gasteiger partial charge in [0.25, 0.3) is 0 Å². The topological polar surface area (TPSA) is 32.7 Å². The molecule has 0 aromatic heterocycles. The summed E-state index contributed by atoms with van der Waals surface area (Å²) in [5.74, 6) is 1.17. The van der Waals surface area contributed by atoms with E-state index in [0.29, 0.717) is 11.8 Å². The van der Waals surface area contributed by atoms with Crippen molar-refractivity contribution in [1.29, 1.82) is 0 Å². The highest BCUT2D eigenvalue weighted by molar-refractivity contribution is 5.35. The Morgan fingerprint density at radius 2 is 2.14 bits per heavy atom. The molecule has 2 fully saturated rings. The van der Waals surface area contributed by atoms with Crippen molar-refractivity contribution in [3.63, 3.8) is 0 Å². The fourth-order valence-corrected chi connectivity index (χ4v) is 4.60. The Morgan fingerprint density at radius 1 is 1.36 bits per heavy atom. The summed E-state index contributed by atoms with van der Waals surface area (Å²) in [5, 5.41) is 11.5. The monoisotopic (exact) mass is 307 g/mol. The first-order chi connectivity index (χ1) is 10.4. The van der Waals surface area contributed by atoms with Gasteiger partial charge in [0.15, 0.2) is 11.6 Å². The van der Waals surface area contributed by atoms with Crippen molar-refractivity contribution >= 4 is 0 Å². The minimum atomic E-state index is -0.880. The van der Waals surface area contributed by atoms with Crippen LogP contribution in [0.25, 0.3) is 0 Å². The summed E-state index contributed by atoms with van der Waals surface area (Å²) >= 11 is 0. The third-order valence-electron chi connectivity index (χ3n) is 5.58. The summed E-state index contributed by atoms with van der Waals surface area (Å²) in [7, 11) is 5.56. The highest BCUT2D eigenvalue weighted by Crippen LogP contribution is 2.54. The predicted octanol–water partition coefficient (Wildman–Crippen LogP) is 3.02. The molecule has 0 unspecified atom stereocenters. The second-order valence-electron chi connectivity index (χ2n) is 7.29. The maximum atomic E-state index is 13.7. The van der Waals surface area contributed by atoms with Crippen LogP contribution in [0.3, 0.4) is 0 Å². The van der Waals surface area contributed by atoms with E-state index in [1.807, 2.05) is 14.1 Å². The van der Waals surface area contributed by atoms with Gasteiger partial charge in [-0.15, -0.1) is 0 Å². The molecule has 1 aromatic carbocycles. The molecule has 22 heavy (non-hydrogen) atoms. The summed E-state index contributed by atoms with van der Waals surface area (Å²) in [6.07, 6.45) is 4.40. The molecule has 0 saturated heterocycles. The average molecular weight is 307 g/mol. The molecule has 2 aliphatic rings. The Labute approximate surface area is 132 Å². The first kappa shape index (κ1) is 15.8. The summed E-state index contributed by atoms with van der Waals surface area (Å²) in [6.45, 7) is 0.855. The van der Waals surface area contributed by atoms with Crippen molar-refractivity contribution in [3.05, 3.63) is 29.6 Å². The normalized spacial score (nSPS) is 34.2. The van der Waals surface area contributed by atoms with Gasteiger partial charge in [0, 0.05) is 12.5 Å². The highest BCUT2D eigenvalue weighted by Gasteiger charge is 2.51. The minimum absolute atomic E-state index is 0.191. The maximum Gasteiger partial charge on any atom is 0.165 e. The molecule has 1 N–H and O–H groups in total. The van der Waals surface area contributed by atoms with Crippen LogP contribution in [-0.4, -0.2) is 37.8 Å². The van der Waals surface area contributed by atoms with E-state index >= 15 is 0 Å². The van der Waals surface area contributed by atoms with Crippen molar-refractivity contribution in [2.45, 2.75) is 31.3 Å². The predicted molar refractivity (Wildman–Crippen MR) is 84.3 cm³/mol. The second-order valence-corrected chi connectivity index (χ2v) is 7.29. The van der Waals surface area contributed by atoms with Crippen LogP contribution >= 0.6 is 0 Å². The zero-order valence-corrected chi connectivity index (χ0v) is 13.7. The standard InChI is InChI=1S/C18H26FNO2/c1-20(2)11-15-13-5-4-12(8-13)10-18(15,21)14-6-7-16(19)17(9-14)22-3/h6-7,9,12-13,15,21H,4-5,8,10-11H2,1-3H3/t12-,13+,15+,18+/m1/s1. The highest BCUT2D eigenvalue weighted by atomic mass is 19.1. The number of fused-ring (bicyclic) bond motifs is 2. The Bertz CT molecular complexity index is 548. The lowest BCUT2D eigenvalue weighted by atomic mass is 9.66. The van der Waals surface area contributed by atoms with Crippen molar-refractivity contribution in [3.8, 4) is 5.75 Å². The Morgan fingerprint density at radius 3 is 2.82 bits per heavy atom. The van der Waals surface area contributed by atoms with Gasteiger partial charge in [-0.25, -0.2) is 4.39 Å².